The number of halogens is 1. The lowest BCUT2D eigenvalue weighted by Gasteiger charge is -2.18. The average Bonchev–Trinajstić information content (AvgIpc) is 2.73. The van der Waals surface area contributed by atoms with Crippen LogP contribution in [0.3, 0.4) is 0 Å². The fourth-order valence-corrected chi connectivity index (χ4v) is 4.85. The summed E-state index contributed by atoms with van der Waals surface area (Å²) in [7, 11) is -3.54. The van der Waals surface area contributed by atoms with Crippen LogP contribution in [0.4, 0.5) is 5.69 Å². The van der Waals surface area contributed by atoms with Crippen molar-refractivity contribution in [2.45, 2.75) is 32.6 Å². The van der Waals surface area contributed by atoms with Crippen molar-refractivity contribution in [3.05, 3.63) is 52.5 Å². The summed E-state index contributed by atoms with van der Waals surface area (Å²) < 4.78 is 33.1. The standard InChI is InChI=1S/C22H28BrN3O4S2/c1-5-26(6-2)32(28,29)18-10-8-17(9-11-18)24-22(31)25-21(27)19-13-16(23)7-12-20(19)30-14-15(3)4/h7-13,15H,5-6,14H2,1-4H3,(H2,24,25,27,31). The summed E-state index contributed by atoms with van der Waals surface area (Å²) in [5.41, 5.74) is 0.907. The van der Waals surface area contributed by atoms with Crippen LogP contribution in [-0.4, -0.2) is 43.4 Å². The van der Waals surface area contributed by atoms with Crippen LogP contribution in [-0.2, 0) is 10.0 Å². The minimum Gasteiger partial charge on any atom is -0.492 e. The van der Waals surface area contributed by atoms with Gasteiger partial charge in [-0.1, -0.05) is 43.6 Å². The second-order valence-electron chi connectivity index (χ2n) is 7.37. The first kappa shape index (κ1) is 26.2. The molecule has 0 heterocycles. The van der Waals surface area contributed by atoms with Crippen molar-refractivity contribution in [3.63, 3.8) is 0 Å². The molecule has 0 aliphatic heterocycles. The Kier molecular flexibility index (Phi) is 9.63. The molecule has 0 atom stereocenters. The van der Waals surface area contributed by atoms with E-state index in [1.54, 1.807) is 44.2 Å². The van der Waals surface area contributed by atoms with E-state index in [1.165, 1.54) is 16.4 Å². The highest BCUT2D eigenvalue weighted by Crippen LogP contribution is 2.24. The molecular formula is C22H28BrN3O4S2. The number of hydrogen-bond donors (Lipinski definition) is 2. The zero-order valence-corrected chi connectivity index (χ0v) is 21.7. The van der Waals surface area contributed by atoms with Crippen molar-refractivity contribution in [3.8, 4) is 5.75 Å². The second kappa shape index (κ2) is 11.7. The zero-order chi connectivity index (χ0) is 23.9. The minimum atomic E-state index is -3.54. The molecule has 0 spiro atoms. The quantitative estimate of drug-likeness (QED) is 0.449. The molecule has 0 bridgehead atoms. The van der Waals surface area contributed by atoms with Gasteiger partial charge in [0.2, 0.25) is 10.0 Å². The van der Waals surface area contributed by atoms with E-state index in [-0.39, 0.29) is 10.0 Å². The van der Waals surface area contributed by atoms with E-state index in [2.05, 4.69) is 26.6 Å². The number of thiocarbonyl (C=S) groups is 1. The molecule has 0 aliphatic rings. The number of nitrogens with one attached hydrogen (secondary N) is 2. The number of anilines is 1. The number of amides is 1. The predicted octanol–water partition coefficient (Wildman–Crippen LogP) is 4.64. The predicted molar refractivity (Wildman–Crippen MR) is 135 cm³/mol. The number of sulfonamides is 1. The van der Waals surface area contributed by atoms with Crippen LogP contribution < -0.4 is 15.4 Å². The molecule has 0 unspecified atom stereocenters. The number of benzene rings is 2. The zero-order valence-electron chi connectivity index (χ0n) is 18.5. The molecule has 0 saturated carbocycles. The normalized spacial score (nSPS) is 11.5. The lowest BCUT2D eigenvalue weighted by Crippen LogP contribution is -2.34. The van der Waals surface area contributed by atoms with Gasteiger partial charge in [0.15, 0.2) is 5.11 Å². The first-order chi connectivity index (χ1) is 15.1. The lowest BCUT2D eigenvalue weighted by atomic mass is 10.2. The molecule has 174 valence electrons. The summed E-state index contributed by atoms with van der Waals surface area (Å²) in [6, 6.07) is 11.4. The Bertz CT molecular complexity index is 1050. The molecule has 0 aromatic heterocycles. The maximum Gasteiger partial charge on any atom is 0.261 e. The van der Waals surface area contributed by atoms with Gasteiger partial charge in [0.1, 0.15) is 5.75 Å². The van der Waals surface area contributed by atoms with Gasteiger partial charge in [0, 0.05) is 23.2 Å². The Morgan fingerprint density at radius 1 is 1.12 bits per heavy atom. The summed E-state index contributed by atoms with van der Waals surface area (Å²) in [5, 5.41) is 5.62. The van der Waals surface area contributed by atoms with E-state index in [9.17, 15) is 13.2 Å². The van der Waals surface area contributed by atoms with Crippen molar-refractivity contribution >= 4 is 54.9 Å². The van der Waals surface area contributed by atoms with Crippen LogP contribution in [0.25, 0.3) is 0 Å². The van der Waals surface area contributed by atoms with Crippen molar-refractivity contribution in [1.29, 1.82) is 0 Å². The van der Waals surface area contributed by atoms with Gasteiger partial charge >= 0.3 is 0 Å². The Morgan fingerprint density at radius 3 is 2.31 bits per heavy atom. The number of ether oxygens (including phenoxy) is 1. The van der Waals surface area contributed by atoms with Crippen molar-refractivity contribution in [1.82, 2.24) is 9.62 Å². The molecule has 10 heteroatoms. The van der Waals surface area contributed by atoms with E-state index in [4.69, 9.17) is 17.0 Å². The first-order valence-corrected chi connectivity index (χ1v) is 12.9. The maximum atomic E-state index is 12.8. The highest BCUT2D eigenvalue weighted by molar-refractivity contribution is 9.10. The van der Waals surface area contributed by atoms with Crippen LogP contribution in [0.2, 0.25) is 0 Å². The number of carbonyl (C=O) groups is 1. The van der Waals surface area contributed by atoms with Crippen molar-refractivity contribution in [2.75, 3.05) is 25.0 Å². The molecule has 0 saturated heterocycles. The minimum absolute atomic E-state index is 0.0872. The average molecular weight is 543 g/mol. The van der Waals surface area contributed by atoms with Crippen LogP contribution >= 0.6 is 28.1 Å². The van der Waals surface area contributed by atoms with Gasteiger partial charge in [-0.15, -0.1) is 0 Å². The molecule has 0 radical (unpaired) electrons. The number of carbonyl (C=O) groups excluding carboxylic acids is 1. The Labute approximate surface area is 203 Å². The topological polar surface area (TPSA) is 87.7 Å². The van der Waals surface area contributed by atoms with E-state index >= 15 is 0 Å². The van der Waals surface area contributed by atoms with Gasteiger partial charge in [-0.25, -0.2) is 8.42 Å². The molecule has 2 N–H and O–H groups in total. The van der Waals surface area contributed by atoms with Gasteiger partial charge in [-0.05, 0) is 60.6 Å². The van der Waals surface area contributed by atoms with E-state index in [0.717, 1.165) is 4.47 Å². The molecule has 2 aromatic rings. The highest BCUT2D eigenvalue weighted by Gasteiger charge is 2.21. The Morgan fingerprint density at radius 2 is 1.75 bits per heavy atom. The monoisotopic (exact) mass is 541 g/mol. The molecule has 2 aromatic carbocycles. The van der Waals surface area contributed by atoms with Gasteiger partial charge in [-0.3, -0.25) is 10.1 Å². The van der Waals surface area contributed by atoms with Crippen LogP contribution in [0.1, 0.15) is 38.1 Å². The fraction of sp³-hybridized carbons (Fsp3) is 0.364. The third-order valence-corrected chi connectivity index (χ3v) is 7.20. The second-order valence-corrected chi connectivity index (χ2v) is 10.6. The van der Waals surface area contributed by atoms with Crippen molar-refractivity contribution < 1.29 is 17.9 Å². The summed E-state index contributed by atoms with van der Waals surface area (Å²) >= 11 is 8.63. The van der Waals surface area contributed by atoms with Crippen LogP contribution in [0.5, 0.6) is 5.75 Å². The number of hydrogen-bond acceptors (Lipinski definition) is 5. The Hall–Kier alpha value is -2.01. The molecule has 0 aliphatic carbocycles. The van der Waals surface area contributed by atoms with Crippen LogP contribution in [0, 0.1) is 5.92 Å². The van der Waals surface area contributed by atoms with Crippen molar-refractivity contribution in [2.24, 2.45) is 5.92 Å². The Balaban J connectivity index is 2.08. The molecule has 7 nitrogen and oxygen atoms in total. The van der Waals surface area contributed by atoms with Gasteiger partial charge in [-0.2, -0.15) is 4.31 Å². The maximum absolute atomic E-state index is 12.8. The summed E-state index contributed by atoms with van der Waals surface area (Å²) in [5.74, 6) is 0.363. The van der Waals surface area contributed by atoms with Gasteiger partial charge in [0.05, 0.1) is 17.1 Å². The van der Waals surface area contributed by atoms with Gasteiger partial charge in [0.25, 0.3) is 5.91 Å². The lowest BCUT2D eigenvalue weighted by molar-refractivity contribution is 0.0973. The SMILES string of the molecule is CCN(CC)S(=O)(=O)c1ccc(NC(=S)NC(=O)c2cc(Br)ccc2OCC(C)C)cc1. The van der Waals surface area contributed by atoms with Gasteiger partial charge < -0.3 is 10.1 Å². The fourth-order valence-electron chi connectivity index (χ4n) is 2.82. The third-order valence-electron chi connectivity index (χ3n) is 4.44. The molecule has 1 amide bonds. The summed E-state index contributed by atoms with van der Waals surface area (Å²) in [4.78, 5) is 13.0. The smallest absolute Gasteiger partial charge is 0.261 e. The van der Waals surface area contributed by atoms with E-state index in [0.29, 0.717) is 42.6 Å². The highest BCUT2D eigenvalue weighted by atomic mass is 79.9. The van der Waals surface area contributed by atoms with Crippen LogP contribution in [0.15, 0.2) is 51.8 Å². The van der Waals surface area contributed by atoms with E-state index in [1.807, 2.05) is 13.8 Å². The molecule has 2 rings (SSSR count). The molecule has 32 heavy (non-hydrogen) atoms. The largest absolute Gasteiger partial charge is 0.492 e. The third kappa shape index (κ3) is 6.99. The summed E-state index contributed by atoms with van der Waals surface area (Å²) in [6.45, 7) is 8.91. The molecule has 0 fully saturated rings. The number of nitrogens with zero attached hydrogens (tertiary/aromatic N) is 1. The number of rotatable bonds is 9. The molecular weight excluding hydrogens is 514 g/mol. The first-order valence-electron chi connectivity index (χ1n) is 10.2. The van der Waals surface area contributed by atoms with E-state index < -0.39 is 15.9 Å². The summed E-state index contributed by atoms with van der Waals surface area (Å²) in [6.07, 6.45) is 0.